The van der Waals surface area contributed by atoms with Crippen LogP contribution in [0.2, 0.25) is 0 Å². The van der Waals surface area contributed by atoms with Crippen LogP contribution in [0.4, 0.5) is 4.79 Å². The summed E-state index contributed by atoms with van der Waals surface area (Å²) in [5, 5.41) is 0. The van der Waals surface area contributed by atoms with Gasteiger partial charge in [-0.1, -0.05) is 12.1 Å². The Morgan fingerprint density at radius 3 is 2.38 bits per heavy atom. The number of carbonyl (C=O) groups excluding carboxylic acids is 1. The third-order valence-electron chi connectivity index (χ3n) is 2.22. The zero-order valence-electron chi connectivity index (χ0n) is 9.73. The number of hydrogen-bond donors (Lipinski definition) is 0. The summed E-state index contributed by atoms with van der Waals surface area (Å²) in [7, 11) is 2.95. The van der Waals surface area contributed by atoms with Crippen LogP contribution in [0.1, 0.15) is 12.5 Å². The molecule has 4 nitrogen and oxygen atoms in total. The molecule has 0 aliphatic rings. The Labute approximate surface area is 95.1 Å². The van der Waals surface area contributed by atoms with Crippen LogP contribution < -0.4 is 4.74 Å². The van der Waals surface area contributed by atoms with Crippen molar-refractivity contribution in [1.29, 1.82) is 0 Å². The van der Waals surface area contributed by atoms with Gasteiger partial charge < -0.3 is 14.2 Å². The fourth-order valence-corrected chi connectivity index (χ4v) is 1.25. The zero-order valence-corrected chi connectivity index (χ0v) is 9.73. The van der Waals surface area contributed by atoms with E-state index >= 15 is 0 Å². The summed E-state index contributed by atoms with van der Waals surface area (Å²) >= 11 is 0. The molecule has 1 aromatic rings. The Morgan fingerprint density at radius 2 is 1.88 bits per heavy atom. The SMILES string of the molecule is COC(=O)Oc1ccc(CC(C)OC)cc1. The van der Waals surface area contributed by atoms with Gasteiger partial charge in [0.15, 0.2) is 0 Å². The number of methoxy groups -OCH3 is 2. The first-order valence-electron chi connectivity index (χ1n) is 5.03. The van der Waals surface area contributed by atoms with E-state index in [0.29, 0.717) is 5.75 Å². The summed E-state index contributed by atoms with van der Waals surface area (Å²) in [6.45, 7) is 2.00. The van der Waals surface area contributed by atoms with Crippen LogP contribution in [0.15, 0.2) is 24.3 Å². The molecule has 0 fully saturated rings. The van der Waals surface area contributed by atoms with E-state index in [1.54, 1.807) is 19.2 Å². The Kier molecular flexibility index (Phi) is 4.79. The van der Waals surface area contributed by atoms with E-state index in [-0.39, 0.29) is 6.10 Å². The van der Waals surface area contributed by atoms with Gasteiger partial charge in [0.1, 0.15) is 5.75 Å². The quantitative estimate of drug-likeness (QED) is 0.582. The van der Waals surface area contributed by atoms with Crippen molar-refractivity contribution in [2.45, 2.75) is 19.4 Å². The van der Waals surface area contributed by atoms with Crippen LogP contribution in [0.3, 0.4) is 0 Å². The van der Waals surface area contributed by atoms with Crippen molar-refractivity contribution in [2.75, 3.05) is 14.2 Å². The van der Waals surface area contributed by atoms with E-state index in [1.807, 2.05) is 19.1 Å². The number of rotatable bonds is 4. The molecule has 0 bridgehead atoms. The van der Waals surface area contributed by atoms with E-state index in [4.69, 9.17) is 9.47 Å². The second-order valence-electron chi connectivity index (χ2n) is 3.45. The molecule has 0 aromatic heterocycles. The van der Waals surface area contributed by atoms with Gasteiger partial charge in [-0.25, -0.2) is 4.79 Å². The van der Waals surface area contributed by atoms with E-state index < -0.39 is 6.16 Å². The van der Waals surface area contributed by atoms with Crippen LogP contribution in [-0.4, -0.2) is 26.5 Å². The summed E-state index contributed by atoms with van der Waals surface area (Å²) in [6.07, 6.45) is 0.292. The van der Waals surface area contributed by atoms with Crippen molar-refractivity contribution < 1.29 is 19.0 Å². The van der Waals surface area contributed by atoms with Crippen LogP contribution in [0.5, 0.6) is 5.75 Å². The molecule has 0 N–H and O–H groups in total. The molecule has 1 unspecified atom stereocenters. The van der Waals surface area contributed by atoms with Crippen molar-refractivity contribution in [2.24, 2.45) is 0 Å². The van der Waals surface area contributed by atoms with E-state index in [2.05, 4.69) is 4.74 Å². The predicted octanol–water partition coefficient (Wildman–Crippen LogP) is 2.41. The molecule has 16 heavy (non-hydrogen) atoms. The average Bonchev–Trinajstić information content (AvgIpc) is 2.31. The van der Waals surface area contributed by atoms with E-state index in [9.17, 15) is 4.79 Å². The molecular formula is C12H16O4. The molecular weight excluding hydrogens is 208 g/mol. The Morgan fingerprint density at radius 1 is 1.25 bits per heavy atom. The molecule has 0 saturated carbocycles. The lowest BCUT2D eigenvalue weighted by atomic mass is 10.1. The molecule has 4 heteroatoms. The normalized spacial score (nSPS) is 11.9. The summed E-state index contributed by atoms with van der Waals surface area (Å²) in [4.78, 5) is 10.8. The van der Waals surface area contributed by atoms with Gasteiger partial charge in [0.25, 0.3) is 0 Å². The second kappa shape index (κ2) is 6.12. The fraction of sp³-hybridized carbons (Fsp3) is 0.417. The van der Waals surface area contributed by atoms with Crippen LogP contribution in [-0.2, 0) is 15.9 Å². The molecule has 0 spiro atoms. The number of benzene rings is 1. The standard InChI is InChI=1S/C12H16O4/c1-9(14-2)8-10-4-6-11(7-5-10)16-12(13)15-3/h4-7,9H,8H2,1-3H3. The third-order valence-corrected chi connectivity index (χ3v) is 2.22. The molecule has 0 aliphatic heterocycles. The van der Waals surface area contributed by atoms with Crippen molar-refractivity contribution >= 4 is 6.16 Å². The van der Waals surface area contributed by atoms with E-state index in [1.165, 1.54) is 7.11 Å². The molecule has 88 valence electrons. The molecule has 0 heterocycles. The molecule has 1 rings (SSSR count). The summed E-state index contributed by atoms with van der Waals surface area (Å²) < 4.78 is 14.4. The van der Waals surface area contributed by atoms with Crippen molar-refractivity contribution in [1.82, 2.24) is 0 Å². The highest BCUT2D eigenvalue weighted by Crippen LogP contribution is 2.14. The van der Waals surface area contributed by atoms with Crippen molar-refractivity contribution in [3.05, 3.63) is 29.8 Å². The van der Waals surface area contributed by atoms with Gasteiger partial charge in [-0.3, -0.25) is 0 Å². The van der Waals surface area contributed by atoms with Crippen molar-refractivity contribution in [3.8, 4) is 5.75 Å². The minimum Gasteiger partial charge on any atom is -0.437 e. The first kappa shape index (κ1) is 12.5. The third kappa shape index (κ3) is 3.90. The van der Waals surface area contributed by atoms with Crippen LogP contribution >= 0.6 is 0 Å². The zero-order chi connectivity index (χ0) is 12.0. The Bertz CT molecular complexity index is 331. The maximum Gasteiger partial charge on any atom is 0.513 e. The Balaban J connectivity index is 2.57. The highest BCUT2D eigenvalue weighted by molar-refractivity contribution is 5.63. The highest BCUT2D eigenvalue weighted by Gasteiger charge is 2.05. The van der Waals surface area contributed by atoms with Gasteiger partial charge in [0.2, 0.25) is 0 Å². The molecule has 1 aromatic carbocycles. The lowest BCUT2D eigenvalue weighted by Gasteiger charge is -2.09. The molecule has 0 saturated heterocycles. The second-order valence-corrected chi connectivity index (χ2v) is 3.45. The molecule has 0 amide bonds. The maximum absolute atomic E-state index is 10.8. The van der Waals surface area contributed by atoms with E-state index in [0.717, 1.165) is 12.0 Å². The molecule has 0 aliphatic carbocycles. The topological polar surface area (TPSA) is 44.8 Å². The van der Waals surface area contributed by atoms with Crippen LogP contribution in [0, 0.1) is 0 Å². The number of ether oxygens (including phenoxy) is 3. The first-order chi connectivity index (χ1) is 7.65. The Hall–Kier alpha value is -1.55. The predicted molar refractivity (Wildman–Crippen MR) is 59.7 cm³/mol. The summed E-state index contributed by atoms with van der Waals surface area (Å²) in [5.41, 5.74) is 1.13. The van der Waals surface area contributed by atoms with Gasteiger partial charge >= 0.3 is 6.16 Å². The highest BCUT2D eigenvalue weighted by atomic mass is 16.7. The summed E-state index contributed by atoms with van der Waals surface area (Å²) in [6, 6.07) is 7.25. The van der Waals surface area contributed by atoms with Gasteiger partial charge in [-0.15, -0.1) is 0 Å². The molecule has 0 radical (unpaired) electrons. The smallest absolute Gasteiger partial charge is 0.437 e. The minimum absolute atomic E-state index is 0.173. The van der Waals surface area contributed by atoms with Gasteiger partial charge in [-0.05, 0) is 31.0 Å². The first-order valence-corrected chi connectivity index (χ1v) is 5.03. The molecule has 1 atom stereocenters. The summed E-state index contributed by atoms with van der Waals surface area (Å²) in [5.74, 6) is 0.473. The van der Waals surface area contributed by atoms with Gasteiger partial charge in [-0.2, -0.15) is 0 Å². The number of carbonyl (C=O) groups is 1. The average molecular weight is 224 g/mol. The number of hydrogen-bond acceptors (Lipinski definition) is 4. The fourth-order valence-electron chi connectivity index (χ4n) is 1.25. The largest absolute Gasteiger partial charge is 0.513 e. The van der Waals surface area contributed by atoms with Crippen molar-refractivity contribution in [3.63, 3.8) is 0 Å². The van der Waals surface area contributed by atoms with Crippen LogP contribution in [0.25, 0.3) is 0 Å². The minimum atomic E-state index is -0.710. The monoisotopic (exact) mass is 224 g/mol. The van der Waals surface area contributed by atoms with Gasteiger partial charge in [0, 0.05) is 7.11 Å². The maximum atomic E-state index is 10.8. The lowest BCUT2D eigenvalue weighted by Crippen LogP contribution is -2.09. The lowest BCUT2D eigenvalue weighted by molar-refractivity contribution is 0.118. The van der Waals surface area contributed by atoms with Gasteiger partial charge in [0.05, 0.1) is 13.2 Å².